The van der Waals surface area contributed by atoms with Gasteiger partial charge in [0.25, 0.3) is 0 Å². The Morgan fingerprint density at radius 2 is 1.69 bits per heavy atom. The van der Waals surface area contributed by atoms with Crippen molar-refractivity contribution in [1.82, 2.24) is 20.2 Å². The molecule has 3 aromatic rings. The molecule has 0 saturated heterocycles. The lowest BCUT2D eigenvalue weighted by Gasteiger charge is -2.34. The van der Waals surface area contributed by atoms with Crippen molar-refractivity contribution < 1.29 is 19.0 Å². The van der Waals surface area contributed by atoms with Crippen molar-refractivity contribution in [1.29, 1.82) is 0 Å². The predicted molar refractivity (Wildman–Crippen MR) is 116 cm³/mol. The number of methoxy groups -OCH3 is 3. The number of carbonyl (C=O) groups is 1. The van der Waals surface area contributed by atoms with Crippen molar-refractivity contribution in [3.05, 3.63) is 64.9 Å². The fraction of sp³-hybridized carbons (Fsp3) is 0.304. The average molecular weight is 433 g/mol. The average Bonchev–Trinajstić information content (AvgIpc) is 3.30. The van der Waals surface area contributed by atoms with Crippen molar-refractivity contribution in [3.8, 4) is 17.2 Å². The molecule has 0 saturated carbocycles. The van der Waals surface area contributed by atoms with Gasteiger partial charge in [0.2, 0.25) is 5.95 Å². The summed E-state index contributed by atoms with van der Waals surface area (Å²) in [7, 11) is 4.81. The summed E-state index contributed by atoms with van der Waals surface area (Å²) in [5.41, 5.74) is 3.48. The number of hydrogen-bond donors (Lipinski definition) is 1. The number of nitrogens with zero attached hydrogens (tertiary/aromatic N) is 4. The van der Waals surface area contributed by atoms with Crippen molar-refractivity contribution >= 4 is 11.7 Å². The van der Waals surface area contributed by atoms with E-state index < -0.39 is 6.04 Å². The number of tetrazole rings is 1. The van der Waals surface area contributed by atoms with E-state index >= 15 is 0 Å². The van der Waals surface area contributed by atoms with E-state index in [1.165, 1.54) is 0 Å². The first kappa shape index (κ1) is 20.0. The second kappa shape index (κ2) is 7.99. The van der Waals surface area contributed by atoms with Crippen LogP contribution < -0.4 is 19.5 Å². The topological polar surface area (TPSA) is 100 Å². The standard InChI is InChI=1S/C23H23N5O4/c1-30-16-7-4-13(5-8-16)15-10-17-21(18(29)11-15)22(28-23(24-17)25-26-27-28)14-6-9-19(31-2)20(12-14)32-3/h4-9,12,15,22H,10-11H2,1-3H3,(H,24,25,27)/t15-,22-/m1/s1. The highest BCUT2D eigenvalue weighted by molar-refractivity contribution is 6.00. The number of ketones is 1. The van der Waals surface area contributed by atoms with Gasteiger partial charge in [-0.2, -0.15) is 4.68 Å². The van der Waals surface area contributed by atoms with Gasteiger partial charge in [-0.3, -0.25) is 4.79 Å². The molecule has 0 spiro atoms. The van der Waals surface area contributed by atoms with Gasteiger partial charge >= 0.3 is 0 Å². The zero-order valence-corrected chi connectivity index (χ0v) is 18.0. The van der Waals surface area contributed by atoms with Gasteiger partial charge in [-0.25, -0.2) is 0 Å². The molecule has 1 aliphatic heterocycles. The minimum absolute atomic E-state index is 0.0631. The number of allylic oxidation sites excluding steroid dienone is 2. The van der Waals surface area contributed by atoms with Gasteiger partial charge < -0.3 is 19.5 Å². The van der Waals surface area contributed by atoms with Crippen LogP contribution in [0.15, 0.2) is 53.7 Å². The molecular formula is C23H23N5O4. The third-order valence-electron chi connectivity index (χ3n) is 6.09. The largest absolute Gasteiger partial charge is 0.497 e. The van der Waals surface area contributed by atoms with Crippen molar-refractivity contribution in [3.63, 3.8) is 0 Å². The minimum Gasteiger partial charge on any atom is -0.497 e. The Hall–Kier alpha value is -3.88. The quantitative estimate of drug-likeness (QED) is 0.655. The molecule has 1 N–H and O–H groups in total. The number of fused-ring (bicyclic) bond motifs is 1. The van der Waals surface area contributed by atoms with E-state index in [1.807, 2.05) is 42.5 Å². The number of ether oxygens (including phenoxy) is 3. The first-order chi connectivity index (χ1) is 15.6. The summed E-state index contributed by atoms with van der Waals surface area (Å²) >= 11 is 0. The Morgan fingerprint density at radius 1 is 0.938 bits per heavy atom. The molecule has 0 fully saturated rings. The number of aromatic nitrogens is 4. The van der Waals surface area contributed by atoms with Crippen molar-refractivity contribution in [2.24, 2.45) is 0 Å². The third-order valence-corrected chi connectivity index (χ3v) is 6.09. The van der Waals surface area contributed by atoms with E-state index in [2.05, 4.69) is 20.8 Å². The SMILES string of the molecule is COc1ccc([C@H]2CC(=O)C3=C(C2)Nc2nnnn2[C@@H]3c2ccc(OC)c(OC)c2)cc1. The maximum absolute atomic E-state index is 13.5. The smallest absolute Gasteiger partial charge is 0.248 e. The first-order valence-electron chi connectivity index (χ1n) is 10.3. The molecule has 0 bridgehead atoms. The summed E-state index contributed by atoms with van der Waals surface area (Å²) < 4.78 is 17.8. The predicted octanol–water partition coefficient (Wildman–Crippen LogP) is 3.11. The molecule has 2 aromatic carbocycles. The first-order valence-corrected chi connectivity index (χ1v) is 10.3. The Bertz CT molecular complexity index is 1200. The van der Waals surface area contributed by atoms with Crippen LogP contribution in [0, 0.1) is 0 Å². The van der Waals surface area contributed by atoms with Crippen LogP contribution in [0.2, 0.25) is 0 Å². The third kappa shape index (κ3) is 3.26. The molecule has 1 aliphatic carbocycles. The van der Waals surface area contributed by atoms with Crippen LogP contribution in [-0.2, 0) is 4.79 Å². The monoisotopic (exact) mass is 433 g/mol. The number of carbonyl (C=O) groups excluding carboxylic acids is 1. The summed E-state index contributed by atoms with van der Waals surface area (Å²) in [4.78, 5) is 13.5. The van der Waals surface area contributed by atoms with Crippen LogP contribution in [0.3, 0.4) is 0 Å². The lowest BCUT2D eigenvalue weighted by molar-refractivity contribution is -0.116. The van der Waals surface area contributed by atoms with Crippen LogP contribution in [0.4, 0.5) is 5.95 Å². The molecular weight excluding hydrogens is 410 g/mol. The molecule has 9 heteroatoms. The summed E-state index contributed by atoms with van der Waals surface area (Å²) in [6.45, 7) is 0. The zero-order chi connectivity index (χ0) is 22.2. The van der Waals surface area contributed by atoms with Crippen molar-refractivity contribution in [2.45, 2.75) is 24.8 Å². The molecule has 0 amide bonds. The summed E-state index contributed by atoms with van der Waals surface area (Å²) in [6.07, 6.45) is 1.10. The van der Waals surface area contributed by atoms with E-state index in [4.69, 9.17) is 14.2 Å². The Morgan fingerprint density at radius 3 is 2.41 bits per heavy atom. The molecule has 2 aliphatic rings. The van der Waals surface area contributed by atoms with Gasteiger partial charge in [-0.1, -0.05) is 23.3 Å². The lowest BCUT2D eigenvalue weighted by atomic mass is 9.78. The summed E-state index contributed by atoms with van der Waals surface area (Å²) in [5.74, 6) is 2.63. The zero-order valence-electron chi connectivity index (χ0n) is 18.0. The number of anilines is 1. The molecule has 2 heterocycles. The van der Waals surface area contributed by atoms with E-state index in [9.17, 15) is 4.79 Å². The molecule has 32 heavy (non-hydrogen) atoms. The fourth-order valence-corrected chi connectivity index (χ4v) is 4.52. The molecule has 5 rings (SSSR count). The summed E-state index contributed by atoms with van der Waals surface area (Å²) in [5, 5.41) is 15.4. The Balaban J connectivity index is 1.56. The minimum atomic E-state index is -0.444. The molecule has 0 unspecified atom stereocenters. The van der Waals surface area contributed by atoms with Crippen LogP contribution >= 0.6 is 0 Å². The van der Waals surface area contributed by atoms with E-state index in [1.54, 1.807) is 26.0 Å². The molecule has 2 atom stereocenters. The molecule has 9 nitrogen and oxygen atoms in total. The maximum atomic E-state index is 13.5. The molecule has 164 valence electrons. The van der Waals surface area contributed by atoms with Gasteiger partial charge in [0.15, 0.2) is 17.3 Å². The lowest BCUT2D eigenvalue weighted by Crippen LogP contribution is -2.33. The Kier molecular flexibility index (Phi) is 5.01. The number of nitrogens with one attached hydrogen (secondary N) is 1. The second-order valence-electron chi connectivity index (χ2n) is 7.78. The van der Waals surface area contributed by atoms with Crippen LogP contribution in [-0.4, -0.2) is 47.3 Å². The van der Waals surface area contributed by atoms with Crippen LogP contribution in [0.5, 0.6) is 17.2 Å². The van der Waals surface area contributed by atoms with Crippen LogP contribution in [0.1, 0.15) is 35.9 Å². The van der Waals surface area contributed by atoms with Gasteiger partial charge in [-0.15, -0.1) is 0 Å². The summed E-state index contributed by atoms with van der Waals surface area (Å²) in [6, 6.07) is 13.0. The number of benzene rings is 2. The molecule has 1 aromatic heterocycles. The molecule has 0 radical (unpaired) electrons. The highest BCUT2D eigenvalue weighted by Crippen LogP contribution is 2.45. The highest BCUT2D eigenvalue weighted by atomic mass is 16.5. The number of Topliss-reactive ketones (excluding diaryl/α,β-unsaturated/α-hetero) is 1. The second-order valence-corrected chi connectivity index (χ2v) is 7.78. The normalized spacial score (nSPS) is 19.7. The number of hydrogen-bond acceptors (Lipinski definition) is 8. The van der Waals surface area contributed by atoms with E-state index in [-0.39, 0.29) is 11.7 Å². The van der Waals surface area contributed by atoms with Crippen molar-refractivity contribution in [2.75, 3.05) is 26.6 Å². The van der Waals surface area contributed by atoms with Gasteiger partial charge in [0.1, 0.15) is 11.8 Å². The van der Waals surface area contributed by atoms with Crippen LogP contribution in [0.25, 0.3) is 0 Å². The fourth-order valence-electron chi connectivity index (χ4n) is 4.52. The van der Waals surface area contributed by atoms with E-state index in [0.29, 0.717) is 35.9 Å². The number of rotatable bonds is 5. The van der Waals surface area contributed by atoms with Gasteiger partial charge in [0, 0.05) is 17.7 Å². The highest BCUT2D eigenvalue weighted by Gasteiger charge is 2.40. The van der Waals surface area contributed by atoms with Gasteiger partial charge in [0.05, 0.1) is 21.3 Å². The van der Waals surface area contributed by atoms with Gasteiger partial charge in [-0.05, 0) is 58.2 Å². The van der Waals surface area contributed by atoms with E-state index in [0.717, 1.165) is 22.6 Å². The Labute approximate surface area is 185 Å². The maximum Gasteiger partial charge on any atom is 0.248 e.